The molecule has 0 aromatic heterocycles. The number of nitrogens with one attached hydrogen (secondary N) is 1. The molecule has 0 bridgehead atoms. The van der Waals surface area contributed by atoms with E-state index in [0.717, 1.165) is 13.0 Å². The zero-order valence-electron chi connectivity index (χ0n) is 17.2. The van der Waals surface area contributed by atoms with Crippen LogP contribution in [-0.4, -0.2) is 42.5 Å². The first-order valence-electron chi connectivity index (χ1n) is 9.50. The number of hydrogen-bond donors (Lipinski definition) is 1. The number of carbonyl (C=O) groups is 1. The molecule has 0 unspecified atom stereocenters. The molecule has 1 N–H and O–H groups in total. The Morgan fingerprint density at radius 1 is 1.27 bits per heavy atom. The maximum atomic E-state index is 16.0. The number of rotatable bonds is 1. The molecule has 6 nitrogen and oxygen atoms in total. The quantitative estimate of drug-likeness (QED) is 0.605. The van der Waals surface area contributed by atoms with Crippen LogP contribution in [0.2, 0.25) is 0 Å². The number of hydrogen-bond acceptors (Lipinski definition) is 5. The van der Waals surface area contributed by atoms with E-state index in [0.29, 0.717) is 4.47 Å². The van der Waals surface area contributed by atoms with Crippen LogP contribution in [-0.2, 0) is 19.7 Å². The van der Waals surface area contributed by atoms with Crippen LogP contribution in [0.3, 0.4) is 0 Å². The zero-order valence-corrected chi connectivity index (χ0v) is 18.7. The summed E-state index contributed by atoms with van der Waals surface area (Å²) < 4.78 is 63.0. The minimum absolute atomic E-state index is 0.0341. The summed E-state index contributed by atoms with van der Waals surface area (Å²) in [4.78, 5) is 16.2. The summed E-state index contributed by atoms with van der Waals surface area (Å²) in [5, 5.41) is 2.30. The van der Waals surface area contributed by atoms with Gasteiger partial charge >= 0.3 is 12.0 Å². The lowest BCUT2D eigenvalue weighted by Gasteiger charge is -2.51. The first kappa shape index (κ1) is 22.9. The summed E-state index contributed by atoms with van der Waals surface area (Å²) >= 11 is 3.20. The van der Waals surface area contributed by atoms with Gasteiger partial charge in [0.1, 0.15) is 11.4 Å². The minimum atomic E-state index is -3.61. The molecule has 1 amide bonds. The van der Waals surface area contributed by atoms with Crippen molar-refractivity contribution in [3.05, 3.63) is 34.1 Å². The lowest BCUT2D eigenvalue weighted by Crippen LogP contribution is -2.67. The highest BCUT2D eigenvalue weighted by Gasteiger charge is 2.70. The van der Waals surface area contributed by atoms with Crippen LogP contribution in [0.4, 0.5) is 18.0 Å². The van der Waals surface area contributed by atoms with E-state index in [1.807, 2.05) is 0 Å². The van der Waals surface area contributed by atoms with E-state index >= 15 is 8.78 Å². The van der Waals surface area contributed by atoms with Gasteiger partial charge in [0.15, 0.2) is 11.1 Å². The largest absolute Gasteiger partial charge is 0.452 e. The first-order chi connectivity index (χ1) is 13.8. The SMILES string of the molecule is CC(C)(C)OC(=O)NC1=N[C@@](C)(c2cc(Br)ccc2F)C(F)(F)C2(CCOCC2)O1. The molecule has 2 heterocycles. The monoisotopic (exact) mass is 492 g/mol. The molecule has 1 atom stereocenters. The van der Waals surface area contributed by atoms with Crippen molar-refractivity contribution in [2.24, 2.45) is 4.99 Å². The van der Waals surface area contributed by atoms with Gasteiger partial charge in [-0.1, -0.05) is 15.9 Å². The highest BCUT2D eigenvalue weighted by molar-refractivity contribution is 9.10. The lowest BCUT2D eigenvalue weighted by molar-refractivity contribution is -0.248. The number of halogens is 4. The number of carbonyl (C=O) groups excluding carboxylic acids is 1. The number of alkyl halides is 2. The Bertz CT molecular complexity index is 866. The Labute approximate surface area is 181 Å². The molecule has 30 heavy (non-hydrogen) atoms. The Morgan fingerprint density at radius 2 is 1.90 bits per heavy atom. The second-order valence-corrected chi connectivity index (χ2v) is 9.44. The Hall–Kier alpha value is -1.81. The second kappa shape index (κ2) is 7.71. The van der Waals surface area contributed by atoms with Crippen LogP contribution in [0.15, 0.2) is 27.7 Å². The van der Waals surface area contributed by atoms with Crippen LogP contribution in [0.1, 0.15) is 46.1 Å². The summed E-state index contributed by atoms with van der Waals surface area (Å²) in [7, 11) is 0. The van der Waals surface area contributed by atoms with Gasteiger partial charge in [0.2, 0.25) is 0 Å². The summed E-state index contributed by atoms with van der Waals surface area (Å²) in [6.45, 7) is 6.18. The molecule has 1 saturated heterocycles. The highest BCUT2D eigenvalue weighted by atomic mass is 79.9. The van der Waals surface area contributed by atoms with Crippen molar-refractivity contribution in [3.8, 4) is 0 Å². The normalized spacial score (nSPS) is 25.3. The number of benzene rings is 1. The smallest absolute Gasteiger partial charge is 0.415 e. The van der Waals surface area contributed by atoms with E-state index in [2.05, 4.69) is 26.2 Å². The van der Waals surface area contributed by atoms with Gasteiger partial charge in [0.25, 0.3) is 6.02 Å². The molecular formula is C20H24BrF3N2O4. The zero-order chi connectivity index (χ0) is 22.4. The summed E-state index contributed by atoms with van der Waals surface area (Å²) in [6.07, 6.45) is -1.22. The third-order valence-corrected chi connectivity index (χ3v) is 5.66. The summed E-state index contributed by atoms with van der Waals surface area (Å²) in [5.41, 5.74) is -5.51. The van der Waals surface area contributed by atoms with E-state index < -0.39 is 40.6 Å². The molecule has 2 aliphatic heterocycles. The highest BCUT2D eigenvalue weighted by Crippen LogP contribution is 2.55. The molecule has 1 spiro atoms. The predicted molar refractivity (Wildman–Crippen MR) is 107 cm³/mol. The van der Waals surface area contributed by atoms with Crippen molar-refractivity contribution in [2.75, 3.05) is 13.2 Å². The molecule has 0 radical (unpaired) electrons. The second-order valence-electron chi connectivity index (χ2n) is 8.52. The summed E-state index contributed by atoms with van der Waals surface area (Å²) in [5.74, 6) is -4.45. The molecule has 2 aliphatic rings. The predicted octanol–water partition coefficient (Wildman–Crippen LogP) is 4.90. The van der Waals surface area contributed by atoms with Gasteiger partial charge in [-0.3, -0.25) is 0 Å². The van der Waals surface area contributed by atoms with Crippen LogP contribution in [0.5, 0.6) is 0 Å². The van der Waals surface area contributed by atoms with Crippen LogP contribution in [0, 0.1) is 5.82 Å². The molecule has 1 aromatic carbocycles. The number of nitrogens with zero attached hydrogens (tertiary/aromatic N) is 1. The maximum absolute atomic E-state index is 16.0. The van der Waals surface area contributed by atoms with E-state index in [4.69, 9.17) is 14.2 Å². The Kier molecular flexibility index (Phi) is 5.87. The van der Waals surface area contributed by atoms with Gasteiger partial charge in [0, 0.05) is 22.9 Å². The fraction of sp³-hybridized carbons (Fsp3) is 0.600. The van der Waals surface area contributed by atoms with Gasteiger partial charge in [0.05, 0.1) is 13.2 Å². The van der Waals surface area contributed by atoms with Crippen molar-refractivity contribution in [3.63, 3.8) is 0 Å². The van der Waals surface area contributed by atoms with Gasteiger partial charge in [-0.15, -0.1) is 0 Å². The van der Waals surface area contributed by atoms with Gasteiger partial charge in [-0.2, -0.15) is 8.78 Å². The van der Waals surface area contributed by atoms with Crippen molar-refractivity contribution in [2.45, 2.75) is 63.2 Å². The molecule has 1 aromatic rings. The van der Waals surface area contributed by atoms with Crippen molar-refractivity contribution in [1.82, 2.24) is 5.32 Å². The van der Waals surface area contributed by atoms with Gasteiger partial charge in [-0.05, 0) is 45.9 Å². The molecule has 10 heteroatoms. The average molecular weight is 493 g/mol. The Balaban J connectivity index is 2.11. The molecule has 166 valence electrons. The van der Waals surface area contributed by atoms with Crippen molar-refractivity contribution < 1.29 is 32.2 Å². The Morgan fingerprint density at radius 3 is 2.50 bits per heavy atom. The molecular weight excluding hydrogens is 469 g/mol. The fourth-order valence-corrected chi connectivity index (χ4v) is 4.01. The van der Waals surface area contributed by atoms with Crippen molar-refractivity contribution in [1.29, 1.82) is 0 Å². The minimum Gasteiger partial charge on any atom is -0.452 e. The summed E-state index contributed by atoms with van der Waals surface area (Å²) in [6, 6.07) is 3.31. The van der Waals surface area contributed by atoms with Crippen LogP contribution >= 0.6 is 15.9 Å². The topological polar surface area (TPSA) is 69.2 Å². The number of alkyl carbamates (subject to hydrolysis) is 1. The maximum Gasteiger partial charge on any atom is 0.415 e. The average Bonchev–Trinajstić information content (AvgIpc) is 2.61. The third kappa shape index (κ3) is 4.03. The number of aliphatic imine (C=N–C) groups is 1. The van der Waals surface area contributed by atoms with E-state index in [-0.39, 0.29) is 31.6 Å². The van der Waals surface area contributed by atoms with E-state index in [1.54, 1.807) is 20.8 Å². The molecule has 0 aliphatic carbocycles. The van der Waals surface area contributed by atoms with E-state index in [1.165, 1.54) is 12.1 Å². The number of amidine groups is 1. The standard InChI is InChI=1S/C20H24BrF3N2O4/c1-17(2,3)30-16(27)25-15-26-18(4,13-11-12(21)5-6-14(13)22)20(23,24)19(29-15)7-9-28-10-8-19/h5-6,11H,7-10H2,1-4H3,(H,25,26,27)/t18-/m0/s1. The van der Waals surface area contributed by atoms with Crippen molar-refractivity contribution >= 4 is 28.0 Å². The lowest BCUT2D eigenvalue weighted by atomic mass is 9.72. The van der Waals surface area contributed by atoms with Crippen LogP contribution in [0.25, 0.3) is 0 Å². The van der Waals surface area contributed by atoms with Gasteiger partial charge in [-0.25, -0.2) is 19.5 Å². The molecule has 1 fully saturated rings. The molecule has 3 rings (SSSR count). The fourth-order valence-electron chi connectivity index (χ4n) is 3.65. The van der Waals surface area contributed by atoms with Gasteiger partial charge < -0.3 is 14.2 Å². The first-order valence-corrected chi connectivity index (χ1v) is 10.3. The van der Waals surface area contributed by atoms with E-state index in [9.17, 15) is 9.18 Å². The molecule has 0 saturated carbocycles. The third-order valence-electron chi connectivity index (χ3n) is 5.16. The van der Waals surface area contributed by atoms with Crippen LogP contribution < -0.4 is 5.32 Å². The number of ether oxygens (including phenoxy) is 3. The number of amides is 1.